The molecule has 3 nitrogen and oxygen atoms in total. The van der Waals surface area contributed by atoms with Gasteiger partial charge in [0.2, 0.25) is 0 Å². The maximum absolute atomic E-state index is 11.1. The number of Topliss-reactive ketones (excluding diaryl/α,β-unsaturated/α-hetero) is 1. The number of hydrogen-bond donors (Lipinski definition) is 0. The fourth-order valence-corrected chi connectivity index (χ4v) is 1.60. The summed E-state index contributed by atoms with van der Waals surface area (Å²) in [5.41, 5.74) is 0.599. The Morgan fingerprint density at radius 2 is 2.00 bits per heavy atom. The zero-order chi connectivity index (χ0) is 12.7. The molecule has 1 aromatic carbocycles. The molecule has 1 rings (SSSR count). The number of rotatable bonds is 7. The van der Waals surface area contributed by atoms with E-state index in [1.807, 2.05) is 0 Å². The summed E-state index contributed by atoms with van der Waals surface area (Å²) >= 11 is 6.01. The number of halogens is 1. The average molecular weight is 257 g/mol. The van der Waals surface area contributed by atoms with Crippen molar-refractivity contribution < 1.29 is 14.3 Å². The van der Waals surface area contributed by atoms with Gasteiger partial charge in [0.15, 0.2) is 5.78 Å². The molecule has 0 unspecified atom stereocenters. The van der Waals surface area contributed by atoms with E-state index in [0.29, 0.717) is 22.9 Å². The van der Waals surface area contributed by atoms with Gasteiger partial charge in [0.05, 0.1) is 11.6 Å². The Kier molecular flexibility index (Phi) is 6.01. The summed E-state index contributed by atoms with van der Waals surface area (Å²) in [7, 11) is 1.68. The van der Waals surface area contributed by atoms with Crippen LogP contribution in [0.15, 0.2) is 18.2 Å². The van der Waals surface area contributed by atoms with Gasteiger partial charge in [-0.05, 0) is 38.0 Å². The van der Waals surface area contributed by atoms with E-state index in [1.165, 1.54) is 6.92 Å². The SMILES string of the molecule is COCCCCOc1ccc(C(C)=O)cc1Cl. The van der Waals surface area contributed by atoms with E-state index < -0.39 is 0 Å². The van der Waals surface area contributed by atoms with Gasteiger partial charge in [0.1, 0.15) is 5.75 Å². The van der Waals surface area contributed by atoms with Gasteiger partial charge in [0, 0.05) is 19.3 Å². The Hall–Kier alpha value is -1.06. The van der Waals surface area contributed by atoms with Crippen LogP contribution < -0.4 is 4.74 Å². The first kappa shape index (κ1) is 14.0. The van der Waals surface area contributed by atoms with Gasteiger partial charge in [-0.15, -0.1) is 0 Å². The summed E-state index contributed by atoms with van der Waals surface area (Å²) in [5, 5.41) is 0.476. The first-order chi connectivity index (χ1) is 8.15. The molecule has 0 aliphatic heterocycles. The van der Waals surface area contributed by atoms with Gasteiger partial charge in [-0.2, -0.15) is 0 Å². The lowest BCUT2D eigenvalue weighted by Crippen LogP contribution is -2.01. The molecule has 4 heteroatoms. The van der Waals surface area contributed by atoms with E-state index in [2.05, 4.69) is 0 Å². The molecule has 0 saturated heterocycles. The molecule has 0 aliphatic carbocycles. The fraction of sp³-hybridized carbons (Fsp3) is 0.462. The Bertz CT molecular complexity index is 377. The van der Waals surface area contributed by atoms with Crippen molar-refractivity contribution in [1.82, 2.24) is 0 Å². The quantitative estimate of drug-likeness (QED) is 0.554. The van der Waals surface area contributed by atoms with Crippen LogP contribution in [-0.2, 0) is 4.74 Å². The lowest BCUT2D eigenvalue weighted by Gasteiger charge is -2.08. The topological polar surface area (TPSA) is 35.5 Å². The van der Waals surface area contributed by atoms with Crippen LogP contribution in [0, 0.1) is 0 Å². The third kappa shape index (κ3) is 4.75. The van der Waals surface area contributed by atoms with Crippen LogP contribution in [0.4, 0.5) is 0 Å². The lowest BCUT2D eigenvalue weighted by molar-refractivity contribution is 0.101. The molecule has 0 aliphatic rings. The monoisotopic (exact) mass is 256 g/mol. The molecule has 0 bridgehead atoms. The van der Waals surface area contributed by atoms with Crippen molar-refractivity contribution in [2.45, 2.75) is 19.8 Å². The molecular weight excluding hydrogens is 240 g/mol. The second kappa shape index (κ2) is 7.30. The number of carbonyl (C=O) groups is 1. The lowest BCUT2D eigenvalue weighted by atomic mass is 10.1. The first-order valence-corrected chi connectivity index (χ1v) is 5.95. The van der Waals surface area contributed by atoms with Crippen LogP contribution in [0.2, 0.25) is 5.02 Å². The van der Waals surface area contributed by atoms with E-state index in [0.717, 1.165) is 19.4 Å². The number of benzene rings is 1. The summed E-state index contributed by atoms with van der Waals surface area (Å²) in [6, 6.07) is 5.09. The van der Waals surface area contributed by atoms with Crippen molar-refractivity contribution in [3.63, 3.8) is 0 Å². The number of ether oxygens (including phenoxy) is 2. The Morgan fingerprint density at radius 1 is 1.29 bits per heavy atom. The predicted octanol–water partition coefficient (Wildman–Crippen LogP) is 3.35. The van der Waals surface area contributed by atoms with Crippen LogP contribution in [0.1, 0.15) is 30.1 Å². The van der Waals surface area contributed by atoms with E-state index in [-0.39, 0.29) is 5.78 Å². The van der Waals surface area contributed by atoms with Crippen LogP contribution in [0.25, 0.3) is 0 Å². The maximum Gasteiger partial charge on any atom is 0.159 e. The summed E-state index contributed by atoms with van der Waals surface area (Å²) in [6.07, 6.45) is 1.87. The van der Waals surface area contributed by atoms with Crippen molar-refractivity contribution in [2.75, 3.05) is 20.3 Å². The minimum Gasteiger partial charge on any atom is -0.492 e. The number of ketones is 1. The first-order valence-electron chi connectivity index (χ1n) is 5.57. The van der Waals surface area contributed by atoms with E-state index in [4.69, 9.17) is 21.1 Å². The fourth-order valence-electron chi connectivity index (χ4n) is 1.37. The average Bonchev–Trinajstić information content (AvgIpc) is 2.30. The molecular formula is C13H17ClO3. The van der Waals surface area contributed by atoms with Gasteiger partial charge in [-0.3, -0.25) is 4.79 Å². The van der Waals surface area contributed by atoms with Crippen LogP contribution >= 0.6 is 11.6 Å². The third-order valence-corrected chi connectivity index (χ3v) is 2.63. The van der Waals surface area contributed by atoms with Gasteiger partial charge in [-0.25, -0.2) is 0 Å². The number of unbranched alkanes of at least 4 members (excludes halogenated alkanes) is 1. The highest BCUT2D eigenvalue weighted by Crippen LogP contribution is 2.25. The van der Waals surface area contributed by atoms with Crippen molar-refractivity contribution in [3.8, 4) is 5.75 Å². The molecule has 0 fully saturated rings. The van der Waals surface area contributed by atoms with E-state index in [1.54, 1.807) is 25.3 Å². The van der Waals surface area contributed by atoms with E-state index in [9.17, 15) is 4.79 Å². The molecule has 0 saturated carbocycles. The summed E-state index contributed by atoms with van der Waals surface area (Å²) in [4.78, 5) is 11.1. The van der Waals surface area contributed by atoms with Crippen molar-refractivity contribution >= 4 is 17.4 Å². The highest BCUT2D eigenvalue weighted by molar-refractivity contribution is 6.32. The minimum atomic E-state index is -0.00135. The maximum atomic E-state index is 11.1. The summed E-state index contributed by atoms with van der Waals surface area (Å²) in [5.74, 6) is 0.618. The van der Waals surface area contributed by atoms with Crippen LogP contribution in [0.3, 0.4) is 0 Å². The van der Waals surface area contributed by atoms with Gasteiger partial charge < -0.3 is 9.47 Å². The van der Waals surface area contributed by atoms with Crippen molar-refractivity contribution in [2.24, 2.45) is 0 Å². The highest BCUT2D eigenvalue weighted by Gasteiger charge is 2.05. The molecule has 0 heterocycles. The highest BCUT2D eigenvalue weighted by atomic mass is 35.5. The summed E-state index contributed by atoms with van der Waals surface area (Å²) < 4.78 is 10.5. The molecule has 94 valence electrons. The standard InChI is InChI=1S/C13H17ClO3/c1-10(15)11-5-6-13(12(14)9-11)17-8-4-3-7-16-2/h5-6,9H,3-4,7-8H2,1-2H3. The second-order valence-electron chi connectivity index (χ2n) is 3.75. The zero-order valence-electron chi connectivity index (χ0n) is 10.2. The largest absolute Gasteiger partial charge is 0.492 e. The van der Waals surface area contributed by atoms with E-state index >= 15 is 0 Å². The Morgan fingerprint density at radius 3 is 2.59 bits per heavy atom. The molecule has 0 amide bonds. The minimum absolute atomic E-state index is 0.00135. The predicted molar refractivity (Wildman–Crippen MR) is 68.1 cm³/mol. The molecule has 0 N–H and O–H groups in total. The van der Waals surface area contributed by atoms with Crippen LogP contribution in [-0.4, -0.2) is 26.1 Å². The number of hydrogen-bond acceptors (Lipinski definition) is 3. The molecule has 0 radical (unpaired) electrons. The second-order valence-corrected chi connectivity index (χ2v) is 4.16. The van der Waals surface area contributed by atoms with Gasteiger partial charge in [-0.1, -0.05) is 11.6 Å². The van der Waals surface area contributed by atoms with Crippen LogP contribution in [0.5, 0.6) is 5.75 Å². The molecule has 0 spiro atoms. The number of carbonyl (C=O) groups excluding carboxylic acids is 1. The Balaban J connectivity index is 2.46. The molecule has 1 aromatic rings. The Labute approximate surface area is 107 Å². The smallest absolute Gasteiger partial charge is 0.159 e. The third-order valence-electron chi connectivity index (χ3n) is 2.34. The molecule has 0 atom stereocenters. The van der Waals surface area contributed by atoms with Crippen molar-refractivity contribution in [3.05, 3.63) is 28.8 Å². The number of methoxy groups -OCH3 is 1. The normalized spacial score (nSPS) is 10.3. The zero-order valence-corrected chi connectivity index (χ0v) is 10.9. The molecule has 17 heavy (non-hydrogen) atoms. The molecule has 0 aromatic heterocycles. The summed E-state index contributed by atoms with van der Waals surface area (Å²) in [6.45, 7) is 2.85. The van der Waals surface area contributed by atoms with Crippen molar-refractivity contribution in [1.29, 1.82) is 0 Å². The van der Waals surface area contributed by atoms with Gasteiger partial charge >= 0.3 is 0 Å². The van der Waals surface area contributed by atoms with Gasteiger partial charge in [0.25, 0.3) is 0 Å².